The Balaban J connectivity index is 1.56. The minimum Gasteiger partial charge on any atom is -0.451 e. The fourth-order valence-corrected chi connectivity index (χ4v) is 3.58. The van der Waals surface area contributed by atoms with Gasteiger partial charge in [0.25, 0.3) is 11.8 Å². The molecule has 2 aromatic heterocycles. The molecule has 1 saturated heterocycles. The topological polar surface area (TPSA) is 67.4 Å². The Bertz CT molecular complexity index is 746. The predicted molar refractivity (Wildman–Crippen MR) is 83.0 cm³/mol. The number of rotatable bonds is 3. The molecule has 134 valence electrons. The van der Waals surface area contributed by atoms with E-state index in [-0.39, 0.29) is 30.6 Å². The van der Waals surface area contributed by atoms with Gasteiger partial charge in [-0.05, 0) is 12.5 Å². The highest BCUT2D eigenvalue weighted by Crippen LogP contribution is 2.28. The van der Waals surface area contributed by atoms with E-state index in [1.807, 2.05) is 10.7 Å². The molecular weight excluding hydrogens is 332 g/mol. The van der Waals surface area contributed by atoms with Gasteiger partial charge in [-0.25, -0.2) is 13.8 Å². The van der Waals surface area contributed by atoms with Gasteiger partial charge < -0.3 is 9.32 Å². The molecule has 0 aromatic carbocycles. The van der Waals surface area contributed by atoms with Crippen LogP contribution >= 0.6 is 0 Å². The highest BCUT2D eigenvalue weighted by molar-refractivity contribution is 5.92. The minimum atomic E-state index is -2.64. The number of carbonyl (C=O) groups is 1. The molecule has 0 saturated carbocycles. The SMILES string of the molecule is O=C(c1cocn1)N1Cc2ccnn2CC[C@H]1CN1CCC(F)(F)C1. The molecule has 7 nitrogen and oxygen atoms in total. The zero-order chi connectivity index (χ0) is 17.4. The monoisotopic (exact) mass is 351 g/mol. The van der Waals surface area contributed by atoms with Crippen LogP contribution in [0.15, 0.2) is 29.3 Å². The molecule has 1 atom stereocenters. The summed E-state index contributed by atoms with van der Waals surface area (Å²) >= 11 is 0. The Labute approximate surface area is 143 Å². The van der Waals surface area contributed by atoms with Gasteiger partial charge in [-0.3, -0.25) is 14.4 Å². The van der Waals surface area contributed by atoms with Gasteiger partial charge in [0.05, 0.1) is 18.8 Å². The van der Waals surface area contributed by atoms with Crippen molar-refractivity contribution in [2.45, 2.75) is 37.9 Å². The fourth-order valence-electron chi connectivity index (χ4n) is 3.58. The van der Waals surface area contributed by atoms with E-state index in [4.69, 9.17) is 4.42 Å². The largest absolute Gasteiger partial charge is 0.451 e. The molecule has 0 bridgehead atoms. The second-order valence-corrected chi connectivity index (χ2v) is 6.64. The summed E-state index contributed by atoms with van der Waals surface area (Å²) in [5.41, 5.74) is 1.15. The maximum absolute atomic E-state index is 13.5. The average molecular weight is 351 g/mol. The summed E-state index contributed by atoms with van der Waals surface area (Å²) in [4.78, 5) is 20.2. The second-order valence-electron chi connectivity index (χ2n) is 6.64. The van der Waals surface area contributed by atoms with E-state index in [1.54, 1.807) is 16.0 Å². The average Bonchev–Trinajstić information content (AvgIpc) is 3.29. The molecule has 1 amide bonds. The van der Waals surface area contributed by atoms with Crippen LogP contribution in [0, 0.1) is 0 Å². The van der Waals surface area contributed by atoms with E-state index < -0.39 is 5.92 Å². The van der Waals surface area contributed by atoms with E-state index in [9.17, 15) is 13.6 Å². The van der Waals surface area contributed by atoms with E-state index in [0.717, 1.165) is 5.69 Å². The summed E-state index contributed by atoms with van der Waals surface area (Å²) in [6, 6.07) is 1.69. The first-order valence-corrected chi connectivity index (χ1v) is 8.32. The Morgan fingerprint density at radius 3 is 3.00 bits per heavy atom. The number of fused-ring (bicyclic) bond motifs is 1. The van der Waals surface area contributed by atoms with Crippen LogP contribution < -0.4 is 0 Å². The number of carbonyl (C=O) groups excluding carboxylic acids is 1. The van der Waals surface area contributed by atoms with Crippen LogP contribution in [0.25, 0.3) is 0 Å². The third-order valence-corrected chi connectivity index (χ3v) is 4.88. The molecule has 0 radical (unpaired) electrons. The summed E-state index contributed by atoms with van der Waals surface area (Å²) in [7, 11) is 0. The van der Waals surface area contributed by atoms with Crippen LogP contribution in [0.2, 0.25) is 0 Å². The zero-order valence-electron chi connectivity index (χ0n) is 13.6. The quantitative estimate of drug-likeness (QED) is 0.841. The number of alkyl halides is 2. The van der Waals surface area contributed by atoms with E-state index >= 15 is 0 Å². The van der Waals surface area contributed by atoms with Crippen LogP contribution in [0.5, 0.6) is 0 Å². The van der Waals surface area contributed by atoms with Crippen molar-refractivity contribution in [3.63, 3.8) is 0 Å². The van der Waals surface area contributed by atoms with Crippen molar-refractivity contribution in [2.24, 2.45) is 0 Å². The van der Waals surface area contributed by atoms with Crippen molar-refractivity contribution in [3.8, 4) is 0 Å². The third kappa shape index (κ3) is 3.28. The van der Waals surface area contributed by atoms with Crippen molar-refractivity contribution < 1.29 is 18.0 Å². The molecule has 0 N–H and O–H groups in total. The molecule has 2 aromatic rings. The number of hydrogen-bond acceptors (Lipinski definition) is 5. The van der Waals surface area contributed by atoms with Gasteiger partial charge in [-0.1, -0.05) is 0 Å². The lowest BCUT2D eigenvalue weighted by Crippen LogP contribution is -2.46. The summed E-state index contributed by atoms with van der Waals surface area (Å²) in [6.07, 6.45) is 4.76. The molecule has 0 unspecified atom stereocenters. The maximum Gasteiger partial charge on any atom is 0.276 e. The van der Waals surface area contributed by atoms with Crippen LogP contribution in [-0.4, -0.2) is 62.1 Å². The Morgan fingerprint density at radius 2 is 2.28 bits per heavy atom. The highest BCUT2D eigenvalue weighted by Gasteiger charge is 2.40. The lowest BCUT2D eigenvalue weighted by atomic mass is 10.1. The Hall–Kier alpha value is -2.29. The molecule has 2 aliphatic rings. The van der Waals surface area contributed by atoms with Gasteiger partial charge in [0, 0.05) is 38.3 Å². The van der Waals surface area contributed by atoms with E-state index in [0.29, 0.717) is 32.6 Å². The smallest absolute Gasteiger partial charge is 0.276 e. The molecule has 25 heavy (non-hydrogen) atoms. The maximum atomic E-state index is 13.5. The van der Waals surface area contributed by atoms with Crippen LogP contribution in [0.1, 0.15) is 29.0 Å². The van der Waals surface area contributed by atoms with Crippen LogP contribution in [-0.2, 0) is 13.1 Å². The first kappa shape index (κ1) is 16.2. The number of aromatic nitrogens is 3. The minimum absolute atomic E-state index is 0.126. The normalized spacial score (nSPS) is 23.4. The van der Waals surface area contributed by atoms with Crippen molar-refractivity contribution in [3.05, 3.63) is 36.3 Å². The molecule has 2 aliphatic heterocycles. The lowest BCUT2D eigenvalue weighted by molar-refractivity contribution is 0.00919. The van der Waals surface area contributed by atoms with Gasteiger partial charge in [0.2, 0.25) is 0 Å². The zero-order valence-corrected chi connectivity index (χ0v) is 13.6. The molecule has 1 fully saturated rings. The molecule has 0 spiro atoms. The number of aryl methyl sites for hydroxylation is 1. The van der Waals surface area contributed by atoms with Gasteiger partial charge in [-0.15, -0.1) is 0 Å². The van der Waals surface area contributed by atoms with Crippen molar-refractivity contribution >= 4 is 5.91 Å². The highest BCUT2D eigenvalue weighted by atomic mass is 19.3. The molecule has 4 rings (SSSR count). The number of halogens is 2. The Kier molecular flexibility index (Phi) is 4.03. The summed E-state index contributed by atoms with van der Waals surface area (Å²) in [5, 5.41) is 4.27. The second kappa shape index (κ2) is 6.21. The van der Waals surface area contributed by atoms with Crippen LogP contribution in [0.3, 0.4) is 0 Å². The van der Waals surface area contributed by atoms with Gasteiger partial charge >= 0.3 is 0 Å². The number of amides is 1. The van der Waals surface area contributed by atoms with E-state index in [1.165, 1.54) is 12.7 Å². The van der Waals surface area contributed by atoms with Gasteiger partial charge in [0.1, 0.15) is 6.26 Å². The van der Waals surface area contributed by atoms with Gasteiger partial charge in [-0.2, -0.15) is 5.10 Å². The third-order valence-electron chi connectivity index (χ3n) is 4.88. The first-order chi connectivity index (χ1) is 12.0. The number of hydrogen-bond donors (Lipinski definition) is 0. The molecular formula is C16H19F2N5O2. The lowest BCUT2D eigenvalue weighted by Gasteiger charge is -2.32. The molecule has 9 heteroatoms. The first-order valence-electron chi connectivity index (χ1n) is 8.32. The number of oxazole rings is 1. The van der Waals surface area contributed by atoms with Crippen LogP contribution in [0.4, 0.5) is 8.78 Å². The number of likely N-dealkylation sites (tertiary alicyclic amines) is 1. The number of nitrogens with zero attached hydrogens (tertiary/aromatic N) is 5. The van der Waals surface area contributed by atoms with E-state index in [2.05, 4.69) is 10.1 Å². The summed E-state index contributed by atoms with van der Waals surface area (Å²) in [6.45, 7) is 1.55. The van der Waals surface area contributed by atoms with Gasteiger partial charge in [0.15, 0.2) is 12.1 Å². The van der Waals surface area contributed by atoms with Crippen molar-refractivity contribution in [1.82, 2.24) is 24.6 Å². The molecule has 0 aliphatic carbocycles. The van der Waals surface area contributed by atoms with Crippen molar-refractivity contribution in [2.75, 3.05) is 19.6 Å². The predicted octanol–water partition coefficient (Wildman–Crippen LogP) is 1.63. The molecule has 4 heterocycles. The summed E-state index contributed by atoms with van der Waals surface area (Å²) in [5.74, 6) is -2.89. The standard InChI is InChI=1S/C16H19F2N5O2/c17-16(18)3-6-21(10-16)7-12-2-5-23-13(1-4-20-23)8-22(12)15(24)14-9-25-11-19-14/h1,4,9,11-12H,2-3,5-8,10H2/t12-/m0/s1. The summed E-state index contributed by atoms with van der Waals surface area (Å²) < 4.78 is 33.8. The fraction of sp³-hybridized carbons (Fsp3) is 0.562. The Morgan fingerprint density at radius 1 is 1.40 bits per heavy atom. The van der Waals surface area contributed by atoms with Crippen molar-refractivity contribution in [1.29, 1.82) is 0 Å².